The molecule has 0 spiro atoms. The molecule has 0 aromatic carbocycles. The maximum Gasteiger partial charge on any atom is 0.491 e. The summed E-state index contributed by atoms with van der Waals surface area (Å²) in [6, 6.07) is 0. The molecule has 174 valence electrons. The predicted molar refractivity (Wildman–Crippen MR) is 83.1 cm³/mol. The zero-order chi connectivity index (χ0) is 23.5. The van der Waals surface area contributed by atoms with Crippen LogP contribution in [0.3, 0.4) is 0 Å². The molecule has 0 aliphatic heterocycles. The van der Waals surface area contributed by atoms with E-state index in [-0.39, 0.29) is 25.7 Å². The van der Waals surface area contributed by atoms with Crippen molar-refractivity contribution >= 4 is 23.9 Å². The maximum absolute atomic E-state index is 12.0. The van der Waals surface area contributed by atoms with E-state index in [1.807, 2.05) is 0 Å². The van der Waals surface area contributed by atoms with Crippen molar-refractivity contribution in [1.29, 1.82) is 0 Å². The molecule has 0 heterocycles. The molecular formula is C16H20F6O8. The van der Waals surface area contributed by atoms with Gasteiger partial charge in [0.05, 0.1) is 0 Å². The number of unbranched alkanes of at least 4 members (excludes halogenated alkanes) is 3. The normalized spacial score (nSPS) is 13.7. The topological polar surface area (TPSA) is 105 Å². The molecule has 0 bridgehead atoms. The van der Waals surface area contributed by atoms with E-state index in [9.17, 15) is 45.5 Å². The Bertz CT molecular complexity index is 550. The molecule has 0 saturated carbocycles. The van der Waals surface area contributed by atoms with Crippen LogP contribution < -0.4 is 0 Å². The molecule has 0 N–H and O–H groups in total. The van der Waals surface area contributed by atoms with Crippen LogP contribution in [0.1, 0.15) is 52.4 Å². The van der Waals surface area contributed by atoms with Gasteiger partial charge in [0, 0.05) is 26.7 Å². The minimum Gasteiger partial charge on any atom is -0.425 e. The summed E-state index contributed by atoms with van der Waals surface area (Å²) in [5.41, 5.74) is 0. The quantitative estimate of drug-likeness (QED) is 0.203. The average Bonchev–Trinajstić information content (AvgIpc) is 2.55. The van der Waals surface area contributed by atoms with Crippen LogP contribution in [-0.2, 0) is 38.1 Å². The van der Waals surface area contributed by atoms with E-state index in [4.69, 9.17) is 0 Å². The van der Waals surface area contributed by atoms with Gasteiger partial charge in [-0.3, -0.25) is 9.59 Å². The number of carbonyl (C=O) groups is 4. The van der Waals surface area contributed by atoms with Gasteiger partial charge in [0.2, 0.25) is 12.6 Å². The summed E-state index contributed by atoms with van der Waals surface area (Å²) in [5, 5.41) is 0. The predicted octanol–water partition coefficient (Wildman–Crippen LogP) is 3.32. The second-order valence-electron chi connectivity index (χ2n) is 5.84. The molecule has 0 aromatic rings. The Kier molecular flexibility index (Phi) is 11.2. The minimum absolute atomic E-state index is 0.178. The molecule has 0 amide bonds. The van der Waals surface area contributed by atoms with Crippen LogP contribution in [0.15, 0.2) is 0 Å². The highest BCUT2D eigenvalue weighted by atomic mass is 19.4. The second kappa shape index (κ2) is 12.2. The van der Waals surface area contributed by atoms with Gasteiger partial charge in [-0.2, -0.15) is 26.3 Å². The fourth-order valence-electron chi connectivity index (χ4n) is 1.86. The van der Waals surface area contributed by atoms with E-state index in [2.05, 4.69) is 18.9 Å². The van der Waals surface area contributed by atoms with Crippen LogP contribution in [0.4, 0.5) is 26.3 Å². The van der Waals surface area contributed by atoms with Crippen molar-refractivity contribution in [2.75, 3.05) is 0 Å². The minimum atomic E-state index is -5.21. The average molecular weight is 454 g/mol. The lowest BCUT2D eigenvalue weighted by Gasteiger charge is -2.15. The lowest BCUT2D eigenvalue weighted by atomic mass is 10.1. The van der Waals surface area contributed by atoms with Gasteiger partial charge in [0.15, 0.2) is 0 Å². The van der Waals surface area contributed by atoms with Crippen molar-refractivity contribution in [3.05, 3.63) is 0 Å². The number of carbonyl (C=O) groups excluding carboxylic acids is 4. The third kappa shape index (κ3) is 12.8. The molecule has 0 aliphatic carbocycles. The van der Waals surface area contributed by atoms with E-state index >= 15 is 0 Å². The van der Waals surface area contributed by atoms with Gasteiger partial charge in [0.1, 0.15) is 0 Å². The van der Waals surface area contributed by atoms with E-state index in [0.29, 0.717) is 12.8 Å². The van der Waals surface area contributed by atoms with Crippen molar-refractivity contribution in [1.82, 2.24) is 0 Å². The molecule has 0 aromatic heterocycles. The van der Waals surface area contributed by atoms with Crippen molar-refractivity contribution in [2.24, 2.45) is 0 Å². The Balaban J connectivity index is 3.88. The summed E-state index contributed by atoms with van der Waals surface area (Å²) >= 11 is 0. The Morgan fingerprint density at radius 2 is 0.900 bits per heavy atom. The molecule has 0 saturated heterocycles. The second-order valence-corrected chi connectivity index (χ2v) is 5.84. The first-order chi connectivity index (χ1) is 13.6. The summed E-state index contributed by atoms with van der Waals surface area (Å²) in [5.74, 6) is -6.76. The third-order valence-electron chi connectivity index (χ3n) is 3.12. The van der Waals surface area contributed by atoms with E-state index < -0.39 is 48.8 Å². The highest BCUT2D eigenvalue weighted by Crippen LogP contribution is 2.19. The maximum atomic E-state index is 12.0. The lowest BCUT2D eigenvalue weighted by molar-refractivity contribution is -0.223. The van der Waals surface area contributed by atoms with Crippen LogP contribution in [0, 0.1) is 0 Å². The Morgan fingerprint density at radius 1 is 0.600 bits per heavy atom. The van der Waals surface area contributed by atoms with Gasteiger partial charge in [0.25, 0.3) is 0 Å². The molecular weight excluding hydrogens is 434 g/mol. The SMILES string of the molecule is CC(OC(=O)CCCCCCC(=O)OC(C)OC(=O)C(F)(F)F)OC(=O)C(F)(F)F. The van der Waals surface area contributed by atoms with Crippen LogP contribution in [0.2, 0.25) is 0 Å². The fraction of sp³-hybridized carbons (Fsp3) is 0.750. The Labute approximate surface area is 166 Å². The Morgan fingerprint density at radius 3 is 1.17 bits per heavy atom. The fourth-order valence-corrected chi connectivity index (χ4v) is 1.86. The van der Waals surface area contributed by atoms with E-state index in [1.54, 1.807) is 0 Å². The summed E-state index contributed by atoms with van der Waals surface area (Å²) in [4.78, 5) is 43.9. The van der Waals surface area contributed by atoms with Crippen molar-refractivity contribution in [2.45, 2.75) is 77.3 Å². The zero-order valence-corrected chi connectivity index (χ0v) is 15.9. The Hall–Kier alpha value is -2.54. The standard InChI is InChI=1S/C16H20F6O8/c1-9(29-13(25)15(17,18)19)27-11(23)7-5-3-4-6-8-12(24)28-10(2)30-14(26)16(20,21)22/h9-10H,3-8H2,1-2H3. The smallest absolute Gasteiger partial charge is 0.425 e. The van der Waals surface area contributed by atoms with Gasteiger partial charge in [-0.05, 0) is 12.8 Å². The van der Waals surface area contributed by atoms with Gasteiger partial charge < -0.3 is 18.9 Å². The van der Waals surface area contributed by atoms with Gasteiger partial charge in [-0.25, -0.2) is 9.59 Å². The van der Waals surface area contributed by atoms with Gasteiger partial charge >= 0.3 is 36.2 Å². The summed E-state index contributed by atoms with van der Waals surface area (Å²) in [6.07, 6.45) is -12.9. The highest BCUT2D eigenvalue weighted by molar-refractivity contribution is 5.76. The molecule has 0 radical (unpaired) electrons. The summed E-state index contributed by atoms with van der Waals surface area (Å²) in [7, 11) is 0. The first kappa shape index (κ1) is 27.5. The van der Waals surface area contributed by atoms with Crippen LogP contribution >= 0.6 is 0 Å². The molecule has 2 atom stereocenters. The van der Waals surface area contributed by atoms with Crippen molar-refractivity contribution in [3.63, 3.8) is 0 Å². The van der Waals surface area contributed by atoms with Crippen LogP contribution in [0.5, 0.6) is 0 Å². The first-order valence-corrected chi connectivity index (χ1v) is 8.57. The van der Waals surface area contributed by atoms with Crippen LogP contribution in [0.25, 0.3) is 0 Å². The van der Waals surface area contributed by atoms with Gasteiger partial charge in [-0.1, -0.05) is 12.8 Å². The van der Waals surface area contributed by atoms with E-state index in [0.717, 1.165) is 13.8 Å². The summed E-state index contributed by atoms with van der Waals surface area (Å²) in [6.45, 7) is 1.89. The summed E-state index contributed by atoms with van der Waals surface area (Å²) < 4.78 is 88.6. The number of hydrogen-bond donors (Lipinski definition) is 0. The molecule has 2 unspecified atom stereocenters. The number of hydrogen-bond acceptors (Lipinski definition) is 8. The largest absolute Gasteiger partial charge is 0.491 e. The first-order valence-electron chi connectivity index (χ1n) is 8.57. The molecule has 0 aliphatic rings. The van der Waals surface area contributed by atoms with Crippen molar-refractivity contribution < 1.29 is 64.5 Å². The monoisotopic (exact) mass is 454 g/mol. The van der Waals surface area contributed by atoms with E-state index in [1.165, 1.54) is 0 Å². The molecule has 0 rings (SSSR count). The highest BCUT2D eigenvalue weighted by Gasteiger charge is 2.43. The molecule has 8 nitrogen and oxygen atoms in total. The van der Waals surface area contributed by atoms with Crippen LogP contribution in [-0.4, -0.2) is 48.8 Å². The number of alkyl halides is 6. The number of halogens is 6. The molecule has 0 fully saturated rings. The van der Waals surface area contributed by atoms with Crippen molar-refractivity contribution in [3.8, 4) is 0 Å². The number of ether oxygens (including phenoxy) is 4. The zero-order valence-electron chi connectivity index (χ0n) is 15.9. The number of esters is 4. The lowest BCUT2D eigenvalue weighted by Crippen LogP contribution is -2.31. The number of rotatable bonds is 11. The molecule has 14 heteroatoms. The molecule has 30 heavy (non-hydrogen) atoms. The third-order valence-corrected chi connectivity index (χ3v) is 3.12. The van der Waals surface area contributed by atoms with Gasteiger partial charge in [-0.15, -0.1) is 0 Å².